The number of aldehydes is 1. The highest BCUT2D eigenvalue weighted by atomic mass is 35.5. The smallest absolute Gasteiger partial charge is 0.278 e. The third-order valence-corrected chi connectivity index (χ3v) is 8.42. The van der Waals surface area contributed by atoms with E-state index in [0.29, 0.717) is 46.6 Å². The first kappa shape index (κ1) is 26.7. The number of aromatic nitrogens is 3. The van der Waals surface area contributed by atoms with Crippen LogP contribution >= 0.6 is 11.6 Å². The van der Waals surface area contributed by atoms with Gasteiger partial charge in [0, 0.05) is 23.1 Å². The lowest BCUT2D eigenvalue weighted by atomic mass is 9.88. The van der Waals surface area contributed by atoms with Crippen LogP contribution in [0.5, 0.6) is 11.5 Å². The predicted octanol–water partition coefficient (Wildman–Crippen LogP) is 6.70. The Hall–Kier alpha value is -4.21. The normalized spacial score (nSPS) is 19.0. The van der Waals surface area contributed by atoms with Crippen molar-refractivity contribution in [2.24, 2.45) is 0 Å². The number of rotatable bonds is 7. The third kappa shape index (κ3) is 4.82. The van der Waals surface area contributed by atoms with Crippen LogP contribution < -0.4 is 9.47 Å². The van der Waals surface area contributed by atoms with Crippen molar-refractivity contribution in [1.29, 1.82) is 0 Å². The van der Waals surface area contributed by atoms with E-state index in [1.165, 1.54) is 6.07 Å². The summed E-state index contributed by atoms with van der Waals surface area (Å²) in [6, 6.07) is 15.9. The van der Waals surface area contributed by atoms with Crippen molar-refractivity contribution in [3.05, 3.63) is 106 Å². The van der Waals surface area contributed by atoms with E-state index in [1.54, 1.807) is 37.6 Å². The van der Waals surface area contributed by atoms with Crippen LogP contribution in [0, 0.1) is 5.82 Å². The Morgan fingerprint density at radius 3 is 2.71 bits per heavy atom. The molecule has 4 heterocycles. The fraction of sp³-hybridized carbons (Fsp3) is 0.281. The van der Waals surface area contributed by atoms with Gasteiger partial charge in [-0.2, -0.15) is 0 Å². The summed E-state index contributed by atoms with van der Waals surface area (Å²) in [7, 11) is 0. The van der Waals surface area contributed by atoms with Crippen LogP contribution in [0.2, 0.25) is 5.02 Å². The number of oxazole rings is 1. The van der Waals surface area contributed by atoms with E-state index in [9.17, 15) is 9.18 Å². The van der Waals surface area contributed by atoms with Gasteiger partial charge in [0.2, 0.25) is 5.89 Å². The van der Waals surface area contributed by atoms with E-state index in [1.807, 2.05) is 24.3 Å². The highest BCUT2D eigenvalue weighted by Crippen LogP contribution is 2.49. The number of hydrogen-bond acceptors (Lipinski definition) is 7. The molecule has 0 amide bonds. The number of hydrogen-bond donors (Lipinski definition) is 0. The van der Waals surface area contributed by atoms with Gasteiger partial charge in [0.05, 0.1) is 29.3 Å². The lowest BCUT2D eigenvalue weighted by molar-refractivity contribution is -0.0712. The second-order valence-electron chi connectivity index (χ2n) is 10.9. The molecule has 2 aliphatic rings. The molecular formula is C32H28ClFN4O4. The molecule has 3 aromatic carbocycles. The molecule has 2 aliphatic heterocycles. The number of likely N-dealkylation sites (tertiary alicyclic amines) is 1. The number of ether oxygens (including phenoxy) is 2. The molecule has 2 aromatic heterocycles. The Balaban J connectivity index is 1.09. The Morgan fingerprint density at radius 2 is 1.95 bits per heavy atom. The topological polar surface area (TPSA) is 82.6 Å². The minimum absolute atomic E-state index is 0.263. The number of carbonyl (C=O) groups is 1. The molecule has 214 valence electrons. The van der Waals surface area contributed by atoms with Crippen LogP contribution in [0.25, 0.3) is 11.0 Å². The number of benzene rings is 3. The standard InChI is InChI=1S/C32H28ClFN4O4/c1-32(24-7-6-22(33)16-25(24)34)41-28-4-2-3-23(31(28)42-32)21-9-12-37(13-10-21)17-29-36-26-8-5-20(19-39)15-27(26)38(29)18-30-35-11-14-40-30/h2-8,11,14-16,19,21H,9-10,12-13,17-18H2,1H3. The van der Waals surface area contributed by atoms with Gasteiger partial charge in [-0.15, -0.1) is 0 Å². The quantitative estimate of drug-likeness (QED) is 0.196. The lowest BCUT2D eigenvalue weighted by Gasteiger charge is -2.32. The van der Waals surface area contributed by atoms with E-state index < -0.39 is 11.6 Å². The van der Waals surface area contributed by atoms with Gasteiger partial charge in [0.1, 0.15) is 30.7 Å². The minimum Gasteiger partial charge on any atom is -0.447 e. The molecule has 10 heteroatoms. The maximum absolute atomic E-state index is 14.8. The Morgan fingerprint density at radius 1 is 1.10 bits per heavy atom. The van der Waals surface area contributed by atoms with E-state index in [4.69, 9.17) is 30.5 Å². The van der Waals surface area contributed by atoms with Crippen LogP contribution in [0.3, 0.4) is 0 Å². The molecule has 0 bridgehead atoms. The lowest BCUT2D eigenvalue weighted by Crippen LogP contribution is -2.34. The average Bonchev–Trinajstić information content (AvgIpc) is 3.71. The number of halogens is 2. The zero-order chi connectivity index (χ0) is 28.8. The van der Waals surface area contributed by atoms with Gasteiger partial charge in [0.15, 0.2) is 11.5 Å². The molecule has 7 rings (SSSR count). The van der Waals surface area contributed by atoms with Crippen LogP contribution in [0.15, 0.2) is 71.5 Å². The number of piperidine rings is 1. The Bertz CT molecular complexity index is 1780. The summed E-state index contributed by atoms with van der Waals surface area (Å²) in [6.45, 7) is 4.53. The number of fused-ring (bicyclic) bond motifs is 2. The number of nitrogens with zero attached hydrogens (tertiary/aromatic N) is 4. The van der Waals surface area contributed by atoms with Gasteiger partial charge in [-0.3, -0.25) is 9.69 Å². The molecule has 1 atom stereocenters. The summed E-state index contributed by atoms with van der Waals surface area (Å²) >= 11 is 5.97. The van der Waals surface area contributed by atoms with E-state index in [2.05, 4.69) is 20.5 Å². The Kier molecular flexibility index (Phi) is 6.71. The van der Waals surface area contributed by atoms with Gasteiger partial charge in [-0.1, -0.05) is 23.7 Å². The van der Waals surface area contributed by atoms with Crippen LogP contribution in [-0.2, 0) is 18.9 Å². The van der Waals surface area contributed by atoms with Crippen molar-refractivity contribution in [2.75, 3.05) is 13.1 Å². The number of imidazole rings is 1. The van der Waals surface area contributed by atoms with E-state index in [-0.39, 0.29) is 5.92 Å². The summed E-state index contributed by atoms with van der Waals surface area (Å²) in [5, 5.41) is 0.321. The van der Waals surface area contributed by atoms with Gasteiger partial charge in [-0.05, 0) is 74.3 Å². The van der Waals surface area contributed by atoms with Crippen molar-refractivity contribution in [1.82, 2.24) is 19.4 Å². The minimum atomic E-state index is -1.28. The largest absolute Gasteiger partial charge is 0.447 e. The summed E-state index contributed by atoms with van der Waals surface area (Å²) in [4.78, 5) is 23.0. The highest BCUT2D eigenvalue weighted by Gasteiger charge is 2.43. The van der Waals surface area contributed by atoms with Gasteiger partial charge in [0.25, 0.3) is 5.79 Å². The van der Waals surface area contributed by atoms with Gasteiger partial charge in [-0.25, -0.2) is 14.4 Å². The van der Waals surface area contributed by atoms with Crippen LogP contribution in [0.4, 0.5) is 4.39 Å². The van der Waals surface area contributed by atoms with Gasteiger partial charge < -0.3 is 18.5 Å². The first-order valence-electron chi connectivity index (χ1n) is 13.9. The average molecular weight is 587 g/mol. The summed E-state index contributed by atoms with van der Waals surface area (Å²) in [6.07, 6.45) is 5.86. The van der Waals surface area contributed by atoms with Crippen molar-refractivity contribution in [2.45, 2.75) is 44.6 Å². The van der Waals surface area contributed by atoms with E-state index >= 15 is 0 Å². The van der Waals surface area contributed by atoms with Crippen molar-refractivity contribution in [3.63, 3.8) is 0 Å². The maximum atomic E-state index is 14.8. The fourth-order valence-electron chi connectivity index (χ4n) is 6.07. The number of para-hydroxylation sites is 1. The van der Waals surface area contributed by atoms with Crippen LogP contribution in [0.1, 0.15) is 58.9 Å². The monoisotopic (exact) mass is 586 g/mol. The molecule has 0 N–H and O–H groups in total. The summed E-state index contributed by atoms with van der Waals surface area (Å²) in [5.41, 5.74) is 3.67. The Labute approximate surface area is 246 Å². The molecule has 0 radical (unpaired) electrons. The van der Waals surface area contributed by atoms with Gasteiger partial charge >= 0.3 is 0 Å². The molecule has 0 saturated carbocycles. The highest BCUT2D eigenvalue weighted by molar-refractivity contribution is 6.30. The molecule has 0 aliphatic carbocycles. The molecule has 5 aromatic rings. The fourth-order valence-corrected chi connectivity index (χ4v) is 6.22. The first-order valence-corrected chi connectivity index (χ1v) is 14.3. The molecule has 1 saturated heterocycles. The predicted molar refractivity (Wildman–Crippen MR) is 154 cm³/mol. The first-order chi connectivity index (χ1) is 20.4. The summed E-state index contributed by atoms with van der Waals surface area (Å²) < 4.78 is 34.9. The molecule has 0 spiro atoms. The van der Waals surface area contributed by atoms with Crippen molar-refractivity contribution in [3.8, 4) is 11.5 Å². The molecule has 42 heavy (non-hydrogen) atoms. The second kappa shape index (κ2) is 10.6. The number of carbonyl (C=O) groups excluding carboxylic acids is 1. The van der Waals surface area contributed by atoms with Crippen molar-refractivity contribution >= 4 is 28.9 Å². The zero-order valence-electron chi connectivity index (χ0n) is 22.9. The molecule has 1 unspecified atom stereocenters. The molecule has 8 nitrogen and oxygen atoms in total. The molecule has 1 fully saturated rings. The second-order valence-corrected chi connectivity index (χ2v) is 11.3. The van der Waals surface area contributed by atoms with Crippen LogP contribution in [-0.4, -0.2) is 38.8 Å². The van der Waals surface area contributed by atoms with E-state index in [0.717, 1.165) is 54.6 Å². The SMILES string of the molecule is CC1(c2ccc(Cl)cc2F)Oc2cccc(C3CCN(Cc4nc5ccc(C=O)cc5n4Cc4ncco4)CC3)c2O1. The molecular weight excluding hydrogens is 559 g/mol. The summed E-state index contributed by atoms with van der Waals surface area (Å²) in [5.74, 6) is 1.27. The maximum Gasteiger partial charge on any atom is 0.278 e. The third-order valence-electron chi connectivity index (χ3n) is 8.19. The zero-order valence-corrected chi connectivity index (χ0v) is 23.7. The van der Waals surface area contributed by atoms with Crippen molar-refractivity contribution < 1.29 is 23.1 Å².